The van der Waals surface area contributed by atoms with Gasteiger partial charge in [-0.3, -0.25) is 0 Å². The fourth-order valence-electron chi connectivity index (χ4n) is 3.17. The molecule has 1 aliphatic carbocycles. The molecule has 0 unspecified atom stereocenters. The summed E-state index contributed by atoms with van der Waals surface area (Å²) in [7, 11) is 0. The molecule has 4 nitrogen and oxygen atoms in total. The van der Waals surface area contributed by atoms with Crippen LogP contribution >= 0.6 is 0 Å². The highest BCUT2D eigenvalue weighted by atomic mass is 16.5. The van der Waals surface area contributed by atoms with Gasteiger partial charge in [0.25, 0.3) is 0 Å². The Morgan fingerprint density at radius 3 is 2.71 bits per heavy atom. The Balaban J connectivity index is 1.43. The molecule has 0 radical (unpaired) electrons. The van der Waals surface area contributed by atoms with E-state index in [1.54, 1.807) is 4.68 Å². The van der Waals surface area contributed by atoms with Gasteiger partial charge in [-0.2, -0.15) is 0 Å². The van der Waals surface area contributed by atoms with Gasteiger partial charge in [-0.15, -0.1) is 5.10 Å². The number of rotatable bonds is 5. The molecule has 0 fully saturated rings. The molecule has 0 N–H and O–H groups in total. The molecule has 1 heterocycles. The van der Waals surface area contributed by atoms with E-state index in [2.05, 4.69) is 59.7 Å². The zero-order chi connectivity index (χ0) is 16.4. The Kier molecular flexibility index (Phi) is 4.03. The number of aryl methyl sites for hydroxylation is 3. The summed E-state index contributed by atoms with van der Waals surface area (Å²) in [4.78, 5) is 0. The number of hydrogen-bond donors (Lipinski definition) is 0. The monoisotopic (exact) mass is 319 g/mol. The maximum atomic E-state index is 5.89. The summed E-state index contributed by atoms with van der Waals surface area (Å²) >= 11 is 0. The van der Waals surface area contributed by atoms with Crippen LogP contribution in [0.25, 0.3) is 5.69 Å². The van der Waals surface area contributed by atoms with Gasteiger partial charge >= 0.3 is 0 Å². The predicted octanol–water partition coefficient (Wildman–Crippen LogP) is 3.90. The van der Waals surface area contributed by atoms with Gasteiger partial charge in [0, 0.05) is 0 Å². The van der Waals surface area contributed by atoms with Crippen LogP contribution in [-0.4, -0.2) is 15.0 Å². The van der Waals surface area contributed by atoms with Gasteiger partial charge < -0.3 is 4.74 Å². The molecule has 0 atom stereocenters. The van der Waals surface area contributed by atoms with Crippen LogP contribution in [0.15, 0.2) is 48.7 Å². The van der Waals surface area contributed by atoms with Crippen LogP contribution in [0.5, 0.6) is 5.75 Å². The molecule has 0 bridgehead atoms. The maximum Gasteiger partial charge on any atom is 0.134 e. The van der Waals surface area contributed by atoms with E-state index >= 15 is 0 Å². The van der Waals surface area contributed by atoms with Crippen molar-refractivity contribution in [2.45, 2.75) is 39.2 Å². The summed E-state index contributed by atoms with van der Waals surface area (Å²) in [6.07, 6.45) is 6.58. The smallest absolute Gasteiger partial charge is 0.134 e. The van der Waals surface area contributed by atoms with Crippen molar-refractivity contribution >= 4 is 0 Å². The van der Waals surface area contributed by atoms with Crippen molar-refractivity contribution in [2.75, 3.05) is 0 Å². The molecule has 0 aliphatic heterocycles. The summed E-state index contributed by atoms with van der Waals surface area (Å²) in [5, 5.41) is 8.41. The molecule has 24 heavy (non-hydrogen) atoms. The van der Waals surface area contributed by atoms with Gasteiger partial charge in [0.15, 0.2) is 0 Å². The molecule has 3 aromatic rings. The fourth-order valence-corrected chi connectivity index (χ4v) is 3.17. The second-order valence-electron chi connectivity index (χ2n) is 6.25. The normalized spacial score (nSPS) is 13.0. The minimum absolute atomic E-state index is 0.436. The van der Waals surface area contributed by atoms with Crippen LogP contribution in [0.4, 0.5) is 0 Å². The lowest BCUT2D eigenvalue weighted by Gasteiger charge is -2.06. The average molecular weight is 319 g/mol. The van der Waals surface area contributed by atoms with E-state index in [1.165, 1.54) is 29.5 Å². The average Bonchev–Trinajstić information content (AvgIpc) is 3.29. The molecule has 4 rings (SSSR count). The summed E-state index contributed by atoms with van der Waals surface area (Å²) in [6.45, 7) is 2.59. The molecule has 4 heteroatoms. The second kappa shape index (κ2) is 6.48. The van der Waals surface area contributed by atoms with Crippen molar-refractivity contribution in [2.24, 2.45) is 0 Å². The van der Waals surface area contributed by atoms with Crippen molar-refractivity contribution in [3.05, 3.63) is 71.0 Å². The molecule has 0 saturated carbocycles. The Morgan fingerprint density at radius 1 is 1.04 bits per heavy atom. The number of hydrogen-bond acceptors (Lipinski definition) is 3. The van der Waals surface area contributed by atoms with Crippen LogP contribution in [-0.2, 0) is 25.9 Å². The molecule has 1 aromatic heterocycles. The quantitative estimate of drug-likeness (QED) is 0.716. The summed E-state index contributed by atoms with van der Waals surface area (Å²) in [5.74, 6) is 0.914. The summed E-state index contributed by atoms with van der Waals surface area (Å²) in [5.41, 5.74) is 6.05. The minimum Gasteiger partial charge on any atom is -0.487 e. The van der Waals surface area contributed by atoms with Crippen molar-refractivity contribution in [1.82, 2.24) is 15.0 Å². The van der Waals surface area contributed by atoms with Gasteiger partial charge in [0.2, 0.25) is 0 Å². The molecular formula is C20H21N3O. The van der Waals surface area contributed by atoms with Crippen LogP contribution < -0.4 is 4.74 Å². The Labute approximate surface area is 142 Å². The first kappa shape index (κ1) is 14.9. The lowest BCUT2D eigenvalue weighted by molar-refractivity contribution is 0.301. The van der Waals surface area contributed by atoms with Crippen LogP contribution in [0.2, 0.25) is 0 Å². The molecular weight excluding hydrogens is 298 g/mol. The van der Waals surface area contributed by atoms with E-state index in [1.807, 2.05) is 6.20 Å². The number of ether oxygens (including phenoxy) is 1. The summed E-state index contributed by atoms with van der Waals surface area (Å²) < 4.78 is 7.68. The highest BCUT2D eigenvalue weighted by Gasteiger charge is 2.11. The van der Waals surface area contributed by atoms with Gasteiger partial charge in [0.1, 0.15) is 18.1 Å². The Hall–Kier alpha value is -2.62. The van der Waals surface area contributed by atoms with Crippen LogP contribution in [0.1, 0.15) is 35.7 Å². The molecule has 0 saturated heterocycles. The first-order chi connectivity index (χ1) is 11.8. The molecule has 0 spiro atoms. The largest absolute Gasteiger partial charge is 0.487 e. The highest BCUT2D eigenvalue weighted by Crippen LogP contribution is 2.26. The molecule has 122 valence electrons. The third-order valence-electron chi connectivity index (χ3n) is 4.61. The number of aromatic nitrogens is 3. The Morgan fingerprint density at radius 2 is 1.88 bits per heavy atom. The summed E-state index contributed by atoms with van der Waals surface area (Å²) in [6, 6.07) is 14.8. The van der Waals surface area contributed by atoms with E-state index in [-0.39, 0.29) is 0 Å². The number of fused-ring (bicyclic) bond motifs is 1. The number of nitrogens with zero attached hydrogens (tertiary/aromatic N) is 3. The minimum atomic E-state index is 0.436. The zero-order valence-corrected chi connectivity index (χ0v) is 13.9. The van der Waals surface area contributed by atoms with Gasteiger partial charge in [-0.25, -0.2) is 4.68 Å². The molecule has 1 aliphatic rings. The maximum absolute atomic E-state index is 5.89. The lowest BCUT2D eigenvalue weighted by atomic mass is 10.1. The molecule has 2 aromatic carbocycles. The van der Waals surface area contributed by atoms with E-state index in [0.717, 1.165) is 30.0 Å². The highest BCUT2D eigenvalue weighted by molar-refractivity contribution is 5.38. The fraction of sp³-hybridized carbons (Fsp3) is 0.300. The third-order valence-corrected chi connectivity index (χ3v) is 4.61. The SMILES string of the molecule is CCc1ccc(-n2cc(COc3ccc4c(c3)CCC4)nn2)cc1. The van der Waals surface area contributed by atoms with Crippen molar-refractivity contribution < 1.29 is 4.74 Å². The first-order valence-corrected chi connectivity index (χ1v) is 8.57. The topological polar surface area (TPSA) is 39.9 Å². The van der Waals surface area contributed by atoms with Crippen LogP contribution in [0.3, 0.4) is 0 Å². The predicted molar refractivity (Wildman–Crippen MR) is 93.5 cm³/mol. The van der Waals surface area contributed by atoms with E-state index in [4.69, 9.17) is 4.74 Å². The Bertz CT molecular complexity index is 836. The zero-order valence-electron chi connectivity index (χ0n) is 13.9. The second-order valence-corrected chi connectivity index (χ2v) is 6.25. The standard InChI is InChI=1S/C20H21N3O/c1-2-15-6-9-19(10-7-15)23-13-18(21-22-23)14-24-20-11-8-16-4-3-5-17(16)12-20/h6-13H,2-5,14H2,1H3. The first-order valence-electron chi connectivity index (χ1n) is 8.57. The van der Waals surface area contributed by atoms with E-state index in [0.29, 0.717) is 6.61 Å². The van der Waals surface area contributed by atoms with Gasteiger partial charge in [0.05, 0.1) is 11.9 Å². The van der Waals surface area contributed by atoms with Gasteiger partial charge in [-0.1, -0.05) is 30.3 Å². The number of benzene rings is 2. The third kappa shape index (κ3) is 3.04. The van der Waals surface area contributed by atoms with E-state index in [9.17, 15) is 0 Å². The molecule has 0 amide bonds. The van der Waals surface area contributed by atoms with Gasteiger partial charge in [-0.05, 0) is 66.6 Å². The van der Waals surface area contributed by atoms with Crippen molar-refractivity contribution in [3.63, 3.8) is 0 Å². The van der Waals surface area contributed by atoms with Crippen molar-refractivity contribution in [1.29, 1.82) is 0 Å². The van der Waals surface area contributed by atoms with Crippen molar-refractivity contribution in [3.8, 4) is 11.4 Å². The van der Waals surface area contributed by atoms with E-state index < -0.39 is 0 Å². The van der Waals surface area contributed by atoms with Crippen LogP contribution in [0, 0.1) is 0 Å². The lowest BCUT2D eigenvalue weighted by Crippen LogP contribution is -1.97.